The maximum atomic E-state index is 10.2. The van der Waals surface area contributed by atoms with E-state index in [-0.39, 0.29) is 6.10 Å². The van der Waals surface area contributed by atoms with Crippen LogP contribution in [0.5, 0.6) is 0 Å². The molecule has 0 aliphatic rings. The van der Waals surface area contributed by atoms with Crippen LogP contribution in [0.15, 0.2) is 48.6 Å². The van der Waals surface area contributed by atoms with E-state index in [1.54, 1.807) is 6.08 Å². The highest BCUT2D eigenvalue weighted by molar-refractivity contribution is 5.19. The van der Waals surface area contributed by atoms with Gasteiger partial charge < -0.3 is 15.3 Å². The predicted octanol–water partition coefficient (Wildman–Crippen LogP) is 11.1. The zero-order valence-corrected chi connectivity index (χ0v) is 30.9. The van der Waals surface area contributed by atoms with Gasteiger partial charge in [-0.25, -0.2) is 0 Å². The molecule has 0 saturated carbocycles. The molecule has 1 unspecified atom stereocenters. The van der Waals surface area contributed by atoms with Gasteiger partial charge in [-0.1, -0.05) is 155 Å². The van der Waals surface area contributed by atoms with E-state index >= 15 is 0 Å². The number of hydrogen-bond acceptors (Lipinski definition) is 3. The minimum atomic E-state index is -0.850. The molecular weight excluding hydrogens is 601 g/mol. The first-order chi connectivity index (χ1) is 24.1. The lowest BCUT2D eigenvalue weighted by Crippen LogP contribution is -2.01. The van der Waals surface area contributed by atoms with Crippen molar-refractivity contribution >= 4 is 0 Å². The summed E-state index contributed by atoms with van der Waals surface area (Å²) in [7, 11) is 0. The second-order valence-electron chi connectivity index (χ2n) is 13.1. The number of allylic oxidation sites excluding steroid dienone is 6. The predicted molar refractivity (Wildman–Crippen MR) is 212 cm³/mol. The van der Waals surface area contributed by atoms with E-state index in [4.69, 9.17) is 12.8 Å². The average molecular weight is 671 g/mol. The summed E-state index contributed by atoms with van der Waals surface area (Å²) in [6, 6.07) is 0. The summed E-state index contributed by atoms with van der Waals surface area (Å²) in [6.07, 6.45) is 55.6. The van der Waals surface area contributed by atoms with Crippen molar-refractivity contribution < 1.29 is 15.3 Å². The molecule has 3 heteroatoms. The van der Waals surface area contributed by atoms with Gasteiger partial charge in [0, 0.05) is 12.8 Å². The Morgan fingerprint density at radius 3 is 1.47 bits per heavy atom. The second-order valence-corrected chi connectivity index (χ2v) is 13.1. The lowest BCUT2D eigenvalue weighted by Gasteiger charge is -2.06. The minimum absolute atomic E-state index is 0.294. The first-order valence-electron chi connectivity index (χ1n) is 19.7. The summed E-state index contributed by atoms with van der Waals surface area (Å²) in [5.74, 6) is 16.6. The van der Waals surface area contributed by atoms with Crippen LogP contribution >= 0.6 is 0 Å². The zero-order chi connectivity index (χ0) is 35.7. The fourth-order valence-corrected chi connectivity index (χ4v) is 5.43. The number of hydrogen-bond donors (Lipinski definition) is 3. The molecule has 3 N–H and O–H groups in total. The van der Waals surface area contributed by atoms with Gasteiger partial charge in [0.2, 0.25) is 0 Å². The van der Waals surface area contributed by atoms with Gasteiger partial charge >= 0.3 is 0 Å². The molecule has 0 fully saturated rings. The van der Waals surface area contributed by atoms with E-state index in [2.05, 4.69) is 59.8 Å². The molecule has 0 aliphatic carbocycles. The number of aliphatic hydroxyl groups is 3. The van der Waals surface area contributed by atoms with E-state index < -0.39 is 12.2 Å². The minimum Gasteiger partial charge on any atom is -0.389 e. The van der Waals surface area contributed by atoms with Gasteiger partial charge in [-0.15, -0.1) is 12.8 Å². The largest absolute Gasteiger partial charge is 0.389 e. The van der Waals surface area contributed by atoms with Crippen molar-refractivity contribution in [2.24, 2.45) is 0 Å². The number of terminal acetylenes is 2. The second kappa shape index (κ2) is 39.5. The van der Waals surface area contributed by atoms with E-state index in [0.717, 1.165) is 103 Å². The normalized spacial score (nSPS) is 13.2. The van der Waals surface area contributed by atoms with Crippen molar-refractivity contribution in [1.29, 1.82) is 0 Å². The quantitative estimate of drug-likeness (QED) is 0.0391. The van der Waals surface area contributed by atoms with Crippen LogP contribution in [0.1, 0.15) is 173 Å². The Kier molecular flexibility index (Phi) is 37.2. The highest BCUT2D eigenvalue weighted by Crippen LogP contribution is 2.14. The summed E-state index contributed by atoms with van der Waals surface area (Å²) >= 11 is 0. The van der Waals surface area contributed by atoms with Gasteiger partial charge in [-0.3, -0.25) is 0 Å². The number of rotatable bonds is 31. The summed E-state index contributed by atoms with van der Waals surface area (Å²) in [4.78, 5) is 0. The van der Waals surface area contributed by atoms with E-state index in [1.807, 2.05) is 18.2 Å². The molecule has 0 spiro atoms. The van der Waals surface area contributed by atoms with Gasteiger partial charge in [-0.2, -0.15) is 0 Å². The monoisotopic (exact) mass is 671 g/mol. The van der Waals surface area contributed by atoms with Crippen molar-refractivity contribution in [1.82, 2.24) is 0 Å². The van der Waals surface area contributed by atoms with Crippen LogP contribution in [0, 0.1) is 48.4 Å². The molecule has 3 nitrogen and oxygen atoms in total. The Bertz CT molecular complexity index is 1060. The van der Waals surface area contributed by atoms with Crippen molar-refractivity contribution in [3.05, 3.63) is 48.6 Å². The van der Waals surface area contributed by atoms with E-state index in [0.29, 0.717) is 0 Å². The molecule has 0 heterocycles. The molecule has 0 bridgehead atoms. The summed E-state index contributed by atoms with van der Waals surface area (Å²) in [5.41, 5.74) is 0. The van der Waals surface area contributed by atoms with E-state index in [9.17, 15) is 15.3 Å². The molecular formula is C46H70O3. The highest BCUT2D eigenvalue weighted by Gasteiger charge is 1.99. The third-order valence-corrected chi connectivity index (χ3v) is 8.41. The third kappa shape index (κ3) is 39.4. The lowest BCUT2D eigenvalue weighted by atomic mass is 10.0. The third-order valence-electron chi connectivity index (χ3n) is 8.41. The van der Waals surface area contributed by atoms with Crippen LogP contribution in [0.4, 0.5) is 0 Å². The first-order valence-corrected chi connectivity index (χ1v) is 19.7. The molecule has 0 amide bonds. The Balaban J connectivity index is 3.51. The van der Waals surface area contributed by atoms with Crippen molar-refractivity contribution in [2.45, 2.75) is 192 Å². The average Bonchev–Trinajstić information content (AvgIpc) is 3.10. The van der Waals surface area contributed by atoms with Crippen molar-refractivity contribution in [2.75, 3.05) is 0 Å². The SMILES string of the molecule is C#CC=CCCCCCCCCCCCCCCC(O)/C=C/CCCC=CCCCCC#C[C@H](O)C#CCCCCCC/C=C/[C@H](O)C#C. The highest BCUT2D eigenvalue weighted by atomic mass is 16.3. The Hall–Kier alpha value is -2.92. The van der Waals surface area contributed by atoms with Gasteiger partial charge in [0.25, 0.3) is 0 Å². The van der Waals surface area contributed by atoms with Gasteiger partial charge in [0.1, 0.15) is 6.10 Å². The molecule has 0 aromatic rings. The molecule has 49 heavy (non-hydrogen) atoms. The Morgan fingerprint density at radius 1 is 0.449 bits per heavy atom. The molecule has 0 aliphatic heterocycles. The number of unbranched alkanes of at least 4 members (excludes halogenated alkanes) is 22. The van der Waals surface area contributed by atoms with Gasteiger partial charge in [0.05, 0.1) is 6.10 Å². The molecule has 0 saturated heterocycles. The summed E-state index contributed by atoms with van der Waals surface area (Å²) < 4.78 is 0. The topological polar surface area (TPSA) is 60.7 Å². The van der Waals surface area contributed by atoms with Crippen LogP contribution in [-0.2, 0) is 0 Å². The van der Waals surface area contributed by atoms with Crippen LogP contribution < -0.4 is 0 Å². The maximum absolute atomic E-state index is 10.2. The summed E-state index contributed by atoms with van der Waals surface area (Å²) in [5, 5.41) is 29.4. The fourth-order valence-electron chi connectivity index (χ4n) is 5.43. The first kappa shape index (κ1) is 46.1. The molecule has 0 aromatic carbocycles. The molecule has 272 valence electrons. The zero-order valence-electron chi connectivity index (χ0n) is 30.9. The number of aliphatic hydroxyl groups excluding tert-OH is 3. The Morgan fingerprint density at radius 2 is 0.878 bits per heavy atom. The molecule has 3 atom stereocenters. The van der Waals surface area contributed by atoms with Crippen molar-refractivity contribution in [3.8, 4) is 48.4 Å². The molecule has 0 aromatic heterocycles. The summed E-state index contributed by atoms with van der Waals surface area (Å²) in [6.45, 7) is 0. The smallest absolute Gasteiger partial charge is 0.176 e. The van der Waals surface area contributed by atoms with Gasteiger partial charge in [0.15, 0.2) is 6.10 Å². The molecule has 0 radical (unpaired) electrons. The van der Waals surface area contributed by atoms with Crippen LogP contribution in [0.2, 0.25) is 0 Å². The van der Waals surface area contributed by atoms with Crippen LogP contribution in [0.3, 0.4) is 0 Å². The van der Waals surface area contributed by atoms with Crippen molar-refractivity contribution in [3.63, 3.8) is 0 Å². The fraction of sp³-hybridized carbons (Fsp3) is 0.652. The Labute approximate surface area is 303 Å². The standard InChI is InChI=1S/C46H70O3/c1-3-5-6-7-8-9-10-11-12-13-14-16-19-25-30-35-40-45(48)41-36-31-26-20-17-15-18-21-27-32-37-42-46(49)43-38-33-28-23-22-24-29-34-39-44(47)4-2/h1-2,5-6,15,17,34,36,39,41,44-49H,7-14,16,18-33,35,40H2/b6-5?,17-15?,39-34+,41-36+/t44-,45?,46+/m1/s1. The van der Waals surface area contributed by atoms with Crippen LogP contribution in [-0.4, -0.2) is 33.6 Å². The van der Waals surface area contributed by atoms with Gasteiger partial charge in [-0.05, 0) is 89.2 Å². The lowest BCUT2D eigenvalue weighted by molar-refractivity contribution is 0.207. The molecule has 0 rings (SSSR count). The van der Waals surface area contributed by atoms with E-state index in [1.165, 1.54) is 70.6 Å². The maximum Gasteiger partial charge on any atom is 0.176 e. The van der Waals surface area contributed by atoms with Crippen LogP contribution in [0.25, 0.3) is 0 Å².